The number of nitrogens with zero attached hydrogens (tertiary/aromatic N) is 3. The fourth-order valence-corrected chi connectivity index (χ4v) is 4.92. The Morgan fingerprint density at radius 2 is 2.00 bits per heavy atom. The number of nitrogens with one attached hydrogen (secondary N) is 1. The molecule has 2 fully saturated rings. The lowest BCUT2D eigenvalue weighted by atomic mass is 9.98. The summed E-state index contributed by atoms with van der Waals surface area (Å²) in [6.07, 6.45) is 4.77. The quantitative estimate of drug-likeness (QED) is 0.794. The summed E-state index contributed by atoms with van der Waals surface area (Å²) in [5, 5.41) is 6.82. The summed E-state index contributed by atoms with van der Waals surface area (Å²) < 4.78 is 32.7. The summed E-state index contributed by atoms with van der Waals surface area (Å²) in [7, 11) is 0.138. The molecule has 24 heavy (non-hydrogen) atoms. The Balaban J connectivity index is 1.49. The van der Waals surface area contributed by atoms with E-state index < -0.39 is 10.0 Å². The Morgan fingerprint density at radius 3 is 2.58 bits per heavy atom. The topological polar surface area (TPSA) is 93.5 Å². The maximum atomic E-state index is 12.3. The number of piperidine rings is 1. The predicted molar refractivity (Wildman–Crippen MR) is 88.3 cm³/mol. The van der Waals surface area contributed by atoms with E-state index in [0.29, 0.717) is 37.0 Å². The van der Waals surface area contributed by atoms with Gasteiger partial charge in [-0.2, -0.15) is 0 Å². The number of amides is 1. The van der Waals surface area contributed by atoms with E-state index in [0.717, 1.165) is 25.7 Å². The lowest BCUT2D eigenvalue weighted by molar-refractivity contribution is 0.0938. The SMILES string of the molecule is COc1nn(C)cc1C(=O)NCC1CCN(S(=O)(=O)C2CC2)CC1. The zero-order valence-corrected chi connectivity index (χ0v) is 14.9. The lowest BCUT2D eigenvalue weighted by Crippen LogP contribution is -2.42. The number of methoxy groups -OCH3 is 1. The minimum Gasteiger partial charge on any atom is -0.479 e. The summed E-state index contributed by atoms with van der Waals surface area (Å²) in [4.78, 5) is 12.3. The van der Waals surface area contributed by atoms with Crippen LogP contribution < -0.4 is 10.1 Å². The first-order chi connectivity index (χ1) is 11.4. The van der Waals surface area contributed by atoms with E-state index in [1.165, 1.54) is 11.8 Å². The summed E-state index contributed by atoms with van der Waals surface area (Å²) in [6, 6.07) is 0. The number of carbonyl (C=O) groups is 1. The first-order valence-corrected chi connectivity index (χ1v) is 9.77. The van der Waals surface area contributed by atoms with E-state index in [4.69, 9.17) is 4.74 Å². The zero-order chi connectivity index (χ0) is 17.3. The average Bonchev–Trinajstić information content (AvgIpc) is 3.36. The van der Waals surface area contributed by atoms with Gasteiger partial charge in [-0.3, -0.25) is 9.48 Å². The van der Waals surface area contributed by atoms with Crippen LogP contribution in [0.5, 0.6) is 5.88 Å². The van der Waals surface area contributed by atoms with Gasteiger partial charge in [0, 0.05) is 32.9 Å². The number of ether oxygens (including phenoxy) is 1. The van der Waals surface area contributed by atoms with Crippen LogP contribution in [0.25, 0.3) is 0 Å². The van der Waals surface area contributed by atoms with Crippen molar-refractivity contribution in [3.05, 3.63) is 11.8 Å². The first-order valence-electron chi connectivity index (χ1n) is 8.26. The van der Waals surface area contributed by atoms with Crippen LogP contribution in [0.2, 0.25) is 0 Å². The van der Waals surface area contributed by atoms with E-state index in [1.54, 1.807) is 17.5 Å². The second-order valence-electron chi connectivity index (χ2n) is 6.52. The first kappa shape index (κ1) is 17.2. The summed E-state index contributed by atoms with van der Waals surface area (Å²) in [5.41, 5.74) is 0.411. The molecule has 0 radical (unpaired) electrons. The van der Waals surface area contributed by atoms with Gasteiger partial charge >= 0.3 is 0 Å². The molecule has 1 saturated heterocycles. The van der Waals surface area contributed by atoms with Gasteiger partial charge in [0.1, 0.15) is 5.56 Å². The standard InChI is InChI=1S/C15H24N4O4S/c1-18-10-13(15(17-18)23-2)14(20)16-9-11-5-7-19(8-6-11)24(21,22)12-3-4-12/h10-12H,3-9H2,1-2H3,(H,16,20). The molecule has 0 bridgehead atoms. The Bertz CT molecular complexity index is 703. The molecular formula is C15H24N4O4S. The predicted octanol–water partition coefficient (Wildman–Crippen LogP) is 0.363. The molecule has 0 aromatic carbocycles. The van der Waals surface area contributed by atoms with Gasteiger partial charge < -0.3 is 10.1 Å². The van der Waals surface area contributed by atoms with Gasteiger partial charge in [0.05, 0.1) is 12.4 Å². The number of sulfonamides is 1. The summed E-state index contributed by atoms with van der Waals surface area (Å²) in [6.45, 7) is 1.64. The van der Waals surface area contributed by atoms with Crippen molar-refractivity contribution in [2.45, 2.75) is 30.9 Å². The maximum Gasteiger partial charge on any atom is 0.258 e. The number of aromatic nitrogens is 2. The van der Waals surface area contributed by atoms with Crippen molar-refractivity contribution in [2.75, 3.05) is 26.7 Å². The molecule has 3 rings (SSSR count). The third-order valence-electron chi connectivity index (χ3n) is 4.66. The van der Waals surface area contributed by atoms with Crippen LogP contribution in [0.15, 0.2) is 6.20 Å². The number of aryl methyl sites for hydroxylation is 1. The van der Waals surface area contributed by atoms with E-state index in [-0.39, 0.29) is 11.2 Å². The molecule has 1 aromatic heterocycles. The Labute approximate surface area is 142 Å². The van der Waals surface area contributed by atoms with Crippen molar-refractivity contribution in [3.63, 3.8) is 0 Å². The molecule has 8 nitrogen and oxygen atoms in total. The third-order valence-corrected chi connectivity index (χ3v) is 7.06. The molecule has 1 aliphatic carbocycles. The smallest absolute Gasteiger partial charge is 0.258 e. The molecular weight excluding hydrogens is 332 g/mol. The van der Waals surface area contributed by atoms with Gasteiger partial charge in [-0.25, -0.2) is 12.7 Å². The number of hydrogen-bond acceptors (Lipinski definition) is 5. The zero-order valence-electron chi connectivity index (χ0n) is 14.1. The van der Waals surface area contributed by atoms with Gasteiger partial charge in [0.2, 0.25) is 15.9 Å². The fraction of sp³-hybridized carbons (Fsp3) is 0.733. The van der Waals surface area contributed by atoms with Crippen molar-refractivity contribution in [3.8, 4) is 5.88 Å². The number of carbonyl (C=O) groups excluding carboxylic acids is 1. The van der Waals surface area contributed by atoms with E-state index in [9.17, 15) is 13.2 Å². The van der Waals surface area contributed by atoms with Crippen LogP contribution in [0, 0.1) is 5.92 Å². The lowest BCUT2D eigenvalue weighted by Gasteiger charge is -2.31. The van der Waals surface area contributed by atoms with Crippen LogP contribution in [0.1, 0.15) is 36.0 Å². The van der Waals surface area contributed by atoms with Crippen molar-refractivity contribution >= 4 is 15.9 Å². The molecule has 1 amide bonds. The highest BCUT2D eigenvalue weighted by molar-refractivity contribution is 7.90. The molecule has 0 unspecified atom stereocenters. The minimum absolute atomic E-state index is 0.146. The van der Waals surface area contributed by atoms with Crippen LogP contribution in [0.3, 0.4) is 0 Å². The Morgan fingerprint density at radius 1 is 1.33 bits per heavy atom. The molecule has 134 valence electrons. The Hall–Kier alpha value is -1.61. The average molecular weight is 356 g/mol. The van der Waals surface area contributed by atoms with Crippen LogP contribution in [-0.4, -0.2) is 60.4 Å². The monoisotopic (exact) mass is 356 g/mol. The highest BCUT2D eigenvalue weighted by Crippen LogP contribution is 2.33. The van der Waals surface area contributed by atoms with Crippen molar-refractivity contribution < 1.29 is 17.9 Å². The van der Waals surface area contributed by atoms with Gasteiger partial charge in [-0.15, -0.1) is 5.10 Å². The van der Waals surface area contributed by atoms with Crippen molar-refractivity contribution in [2.24, 2.45) is 13.0 Å². The molecule has 0 atom stereocenters. The third kappa shape index (κ3) is 3.56. The van der Waals surface area contributed by atoms with Crippen LogP contribution >= 0.6 is 0 Å². The summed E-state index contributed by atoms with van der Waals surface area (Å²) in [5.74, 6) is 0.385. The largest absolute Gasteiger partial charge is 0.479 e. The van der Waals surface area contributed by atoms with E-state index in [2.05, 4.69) is 10.4 Å². The minimum atomic E-state index is -3.07. The van der Waals surface area contributed by atoms with Crippen molar-refractivity contribution in [1.82, 2.24) is 19.4 Å². The molecule has 1 aromatic rings. The highest BCUT2D eigenvalue weighted by atomic mass is 32.2. The van der Waals surface area contributed by atoms with Gasteiger partial charge in [-0.05, 0) is 31.6 Å². The van der Waals surface area contributed by atoms with E-state index in [1.807, 2.05) is 0 Å². The summed E-state index contributed by atoms with van der Waals surface area (Å²) >= 11 is 0. The van der Waals surface area contributed by atoms with Crippen LogP contribution in [-0.2, 0) is 17.1 Å². The molecule has 2 aliphatic rings. The van der Waals surface area contributed by atoms with Crippen molar-refractivity contribution in [1.29, 1.82) is 0 Å². The molecule has 1 aliphatic heterocycles. The fourth-order valence-electron chi connectivity index (χ4n) is 3.05. The molecule has 1 N–H and O–H groups in total. The Kier molecular flexibility index (Phi) is 4.82. The van der Waals surface area contributed by atoms with E-state index >= 15 is 0 Å². The molecule has 2 heterocycles. The number of hydrogen-bond donors (Lipinski definition) is 1. The van der Waals surface area contributed by atoms with Gasteiger partial charge in [0.25, 0.3) is 5.91 Å². The maximum absolute atomic E-state index is 12.3. The molecule has 0 spiro atoms. The van der Waals surface area contributed by atoms with Crippen LogP contribution in [0.4, 0.5) is 0 Å². The van der Waals surface area contributed by atoms with Gasteiger partial charge in [-0.1, -0.05) is 0 Å². The highest BCUT2D eigenvalue weighted by Gasteiger charge is 2.41. The number of rotatable bonds is 6. The van der Waals surface area contributed by atoms with Gasteiger partial charge in [0.15, 0.2) is 0 Å². The second kappa shape index (κ2) is 6.72. The molecule has 1 saturated carbocycles. The molecule has 9 heteroatoms. The second-order valence-corrected chi connectivity index (χ2v) is 8.74. The normalized spacial score (nSPS) is 20.1.